The molecule has 0 aliphatic carbocycles. The van der Waals surface area contributed by atoms with Gasteiger partial charge < -0.3 is 10.1 Å². The van der Waals surface area contributed by atoms with Crippen molar-refractivity contribution in [1.82, 2.24) is 20.1 Å². The van der Waals surface area contributed by atoms with Gasteiger partial charge in [-0.2, -0.15) is 5.10 Å². The Hall–Kier alpha value is -2.57. The van der Waals surface area contributed by atoms with E-state index in [4.69, 9.17) is 27.9 Å². The van der Waals surface area contributed by atoms with Crippen LogP contribution in [-0.2, 0) is 11.3 Å². The second kappa shape index (κ2) is 8.00. The highest BCUT2D eigenvalue weighted by Gasteiger charge is 2.23. The third-order valence-corrected chi connectivity index (χ3v) is 3.73. The van der Waals surface area contributed by atoms with Gasteiger partial charge in [-0.25, -0.2) is 9.67 Å². The average Bonchev–Trinajstić information content (AvgIpc) is 3.12. The summed E-state index contributed by atoms with van der Waals surface area (Å²) in [5, 5.41) is 7.62. The number of halogens is 2. The maximum absolute atomic E-state index is 12.6. The van der Waals surface area contributed by atoms with Gasteiger partial charge in [-0.05, 0) is 23.8 Å². The molecule has 0 bridgehead atoms. The third kappa shape index (κ3) is 4.71. The summed E-state index contributed by atoms with van der Waals surface area (Å²) >= 11 is 12.0. The Kier molecular flexibility index (Phi) is 5.53. The smallest absolute Gasteiger partial charge is 0.284 e. The van der Waals surface area contributed by atoms with Crippen LogP contribution in [0, 0.1) is 0 Å². The van der Waals surface area contributed by atoms with Crippen molar-refractivity contribution in [2.24, 2.45) is 0 Å². The van der Waals surface area contributed by atoms with E-state index in [2.05, 4.69) is 15.4 Å². The third-order valence-electron chi connectivity index (χ3n) is 3.29. The maximum Gasteiger partial charge on any atom is 0.284 e. The molecule has 1 aromatic heterocycles. The lowest BCUT2D eigenvalue weighted by atomic mass is 10.2. The van der Waals surface area contributed by atoms with E-state index in [-0.39, 0.29) is 5.91 Å². The first kappa shape index (κ1) is 17.3. The van der Waals surface area contributed by atoms with Crippen LogP contribution >= 0.6 is 23.2 Å². The molecule has 0 aliphatic heterocycles. The number of carbonyl (C=O) groups excluding carboxylic acids is 1. The summed E-state index contributed by atoms with van der Waals surface area (Å²) in [6.45, 7) is 0.366. The molecule has 1 atom stereocenters. The minimum Gasteiger partial charge on any atom is -0.459 e. The number of ether oxygens (including phenoxy) is 1. The largest absolute Gasteiger partial charge is 0.459 e. The molecule has 2 aromatic carbocycles. The van der Waals surface area contributed by atoms with Gasteiger partial charge >= 0.3 is 0 Å². The molecule has 0 fully saturated rings. The van der Waals surface area contributed by atoms with Gasteiger partial charge in [-0.3, -0.25) is 4.79 Å². The summed E-state index contributed by atoms with van der Waals surface area (Å²) in [6, 6.07) is 14.3. The topological polar surface area (TPSA) is 69.0 Å². The number of benzene rings is 2. The lowest BCUT2D eigenvalue weighted by Gasteiger charge is -2.19. The van der Waals surface area contributed by atoms with Crippen LogP contribution in [0.15, 0.2) is 61.2 Å². The Morgan fingerprint density at radius 1 is 1.16 bits per heavy atom. The molecule has 128 valence electrons. The van der Waals surface area contributed by atoms with E-state index in [1.165, 1.54) is 17.3 Å². The second-order valence-corrected chi connectivity index (χ2v) is 6.03. The highest BCUT2D eigenvalue weighted by molar-refractivity contribution is 6.34. The standard InChI is InChI=1S/C17H14Cl2N4O2/c18-13-6-14(19)8-15(7-13)25-17(23-11-20-10-22-23)16(24)21-9-12-4-2-1-3-5-12/h1-8,10-11,17H,9H2,(H,21,24). The van der Waals surface area contributed by atoms with E-state index < -0.39 is 6.23 Å². The summed E-state index contributed by atoms with van der Waals surface area (Å²) in [7, 11) is 0. The van der Waals surface area contributed by atoms with Crippen molar-refractivity contribution in [2.45, 2.75) is 12.8 Å². The van der Waals surface area contributed by atoms with Gasteiger partial charge in [-0.1, -0.05) is 53.5 Å². The zero-order valence-electron chi connectivity index (χ0n) is 13.0. The lowest BCUT2D eigenvalue weighted by molar-refractivity contribution is -0.132. The first-order valence-corrected chi connectivity index (χ1v) is 8.16. The molecule has 0 radical (unpaired) electrons. The number of carbonyl (C=O) groups is 1. The van der Waals surface area contributed by atoms with Crippen molar-refractivity contribution >= 4 is 29.1 Å². The van der Waals surface area contributed by atoms with Crippen LogP contribution in [0.25, 0.3) is 0 Å². The fourth-order valence-electron chi connectivity index (χ4n) is 2.16. The van der Waals surface area contributed by atoms with Crippen LogP contribution in [0.4, 0.5) is 0 Å². The molecular weight excluding hydrogens is 363 g/mol. The number of hydrogen-bond donors (Lipinski definition) is 1. The Morgan fingerprint density at radius 3 is 2.52 bits per heavy atom. The van der Waals surface area contributed by atoms with Gasteiger partial charge in [0.25, 0.3) is 12.1 Å². The number of nitrogens with zero attached hydrogens (tertiary/aromatic N) is 3. The molecule has 3 aromatic rings. The molecule has 8 heteroatoms. The molecule has 1 amide bonds. The number of rotatable bonds is 6. The van der Waals surface area contributed by atoms with Crippen LogP contribution in [-0.4, -0.2) is 20.7 Å². The zero-order valence-corrected chi connectivity index (χ0v) is 14.5. The fourth-order valence-corrected chi connectivity index (χ4v) is 2.67. The molecule has 0 saturated heterocycles. The van der Waals surface area contributed by atoms with Crippen LogP contribution in [0.3, 0.4) is 0 Å². The maximum atomic E-state index is 12.6. The highest BCUT2D eigenvalue weighted by Crippen LogP contribution is 2.26. The number of hydrogen-bond acceptors (Lipinski definition) is 4. The molecule has 0 aliphatic rings. The molecule has 25 heavy (non-hydrogen) atoms. The molecular formula is C17H14Cl2N4O2. The molecule has 0 saturated carbocycles. The Bertz CT molecular complexity index is 821. The van der Waals surface area contributed by atoms with Gasteiger partial charge in [0.15, 0.2) is 0 Å². The van der Waals surface area contributed by atoms with E-state index in [9.17, 15) is 4.79 Å². The van der Waals surface area contributed by atoms with Gasteiger partial charge in [0.05, 0.1) is 0 Å². The van der Waals surface area contributed by atoms with E-state index >= 15 is 0 Å². The molecule has 1 heterocycles. The minimum atomic E-state index is -1.04. The van der Waals surface area contributed by atoms with Gasteiger partial charge in [0.1, 0.15) is 18.4 Å². The summed E-state index contributed by atoms with van der Waals surface area (Å²) in [5.41, 5.74) is 0.971. The molecule has 3 rings (SSSR count). The highest BCUT2D eigenvalue weighted by atomic mass is 35.5. The normalized spacial score (nSPS) is 11.8. The van der Waals surface area contributed by atoms with Crippen LogP contribution < -0.4 is 10.1 Å². The first-order chi connectivity index (χ1) is 12.1. The van der Waals surface area contributed by atoms with Crippen molar-refractivity contribution in [3.05, 3.63) is 76.8 Å². The summed E-state index contributed by atoms with van der Waals surface area (Å²) in [5.74, 6) is -0.0155. The van der Waals surface area contributed by atoms with E-state index in [0.717, 1.165) is 5.56 Å². The Balaban J connectivity index is 1.76. The number of aromatic nitrogens is 3. The Morgan fingerprint density at radius 2 is 1.88 bits per heavy atom. The van der Waals surface area contributed by atoms with Crippen molar-refractivity contribution in [3.63, 3.8) is 0 Å². The SMILES string of the molecule is O=C(NCc1ccccc1)C(Oc1cc(Cl)cc(Cl)c1)n1cncn1. The fraction of sp³-hybridized carbons (Fsp3) is 0.118. The van der Waals surface area contributed by atoms with Gasteiger partial charge in [-0.15, -0.1) is 0 Å². The molecule has 0 spiro atoms. The number of amides is 1. The number of nitrogens with one attached hydrogen (secondary N) is 1. The minimum absolute atomic E-state index is 0.355. The lowest BCUT2D eigenvalue weighted by Crippen LogP contribution is -2.35. The second-order valence-electron chi connectivity index (χ2n) is 5.15. The average molecular weight is 377 g/mol. The zero-order chi connectivity index (χ0) is 17.6. The predicted molar refractivity (Wildman–Crippen MR) is 94.4 cm³/mol. The molecule has 1 N–H and O–H groups in total. The van der Waals surface area contributed by atoms with Crippen LogP contribution in [0.1, 0.15) is 11.8 Å². The van der Waals surface area contributed by atoms with Gasteiger partial charge in [0.2, 0.25) is 0 Å². The molecule has 6 nitrogen and oxygen atoms in total. The van der Waals surface area contributed by atoms with Crippen molar-refractivity contribution < 1.29 is 9.53 Å². The quantitative estimate of drug-likeness (QED) is 0.714. The van der Waals surface area contributed by atoms with Crippen molar-refractivity contribution in [1.29, 1.82) is 0 Å². The summed E-state index contributed by atoms with van der Waals surface area (Å²) in [6.07, 6.45) is 1.69. The van der Waals surface area contributed by atoms with E-state index in [1.807, 2.05) is 30.3 Å². The van der Waals surface area contributed by atoms with E-state index in [0.29, 0.717) is 22.3 Å². The Labute approximate surface area is 154 Å². The monoisotopic (exact) mass is 376 g/mol. The van der Waals surface area contributed by atoms with Crippen molar-refractivity contribution in [2.75, 3.05) is 0 Å². The van der Waals surface area contributed by atoms with Gasteiger partial charge in [0, 0.05) is 16.6 Å². The van der Waals surface area contributed by atoms with Crippen LogP contribution in [0.2, 0.25) is 10.0 Å². The van der Waals surface area contributed by atoms with Crippen molar-refractivity contribution in [3.8, 4) is 5.75 Å². The first-order valence-electron chi connectivity index (χ1n) is 7.40. The summed E-state index contributed by atoms with van der Waals surface area (Å²) < 4.78 is 7.06. The molecule has 1 unspecified atom stereocenters. The summed E-state index contributed by atoms with van der Waals surface area (Å²) in [4.78, 5) is 16.5. The predicted octanol–water partition coefficient (Wildman–Crippen LogP) is 3.48. The van der Waals surface area contributed by atoms with Crippen LogP contribution in [0.5, 0.6) is 5.75 Å². The van der Waals surface area contributed by atoms with E-state index in [1.54, 1.807) is 18.2 Å².